The summed E-state index contributed by atoms with van der Waals surface area (Å²) >= 11 is 0. The Morgan fingerprint density at radius 2 is 1.94 bits per heavy atom. The summed E-state index contributed by atoms with van der Waals surface area (Å²) < 4.78 is 5.40. The molecule has 2 rings (SSSR count). The lowest BCUT2D eigenvalue weighted by Crippen LogP contribution is -2.36. The van der Waals surface area contributed by atoms with E-state index in [1.165, 1.54) is 24.8 Å². The van der Waals surface area contributed by atoms with Crippen LogP contribution in [0.4, 0.5) is 0 Å². The van der Waals surface area contributed by atoms with Crippen LogP contribution >= 0.6 is 0 Å². The van der Waals surface area contributed by atoms with Crippen LogP contribution in [0, 0.1) is 5.92 Å². The zero-order chi connectivity index (χ0) is 13.0. The van der Waals surface area contributed by atoms with Crippen molar-refractivity contribution in [2.24, 2.45) is 5.92 Å². The van der Waals surface area contributed by atoms with Gasteiger partial charge in [-0.15, -0.1) is 0 Å². The van der Waals surface area contributed by atoms with Crippen molar-refractivity contribution in [3.8, 4) is 5.75 Å². The maximum Gasteiger partial charge on any atom is 0.122 e. The number of hydrogen-bond donors (Lipinski definition) is 1. The van der Waals surface area contributed by atoms with E-state index in [0.717, 1.165) is 18.1 Å². The number of benzene rings is 1. The van der Waals surface area contributed by atoms with Gasteiger partial charge in [0.2, 0.25) is 0 Å². The molecule has 1 aromatic carbocycles. The first-order valence-corrected chi connectivity index (χ1v) is 7.07. The summed E-state index contributed by atoms with van der Waals surface area (Å²) in [6.07, 6.45) is 5.23. The highest BCUT2D eigenvalue weighted by Crippen LogP contribution is 2.33. The maximum atomic E-state index is 5.40. The molecule has 0 spiro atoms. The molecule has 0 bridgehead atoms. The van der Waals surface area contributed by atoms with E-state index in [0.29, 0.717) is 12.1 Å². The first-order valence-electron chi connectivity index (χ1n) is 7.07. The number of ether oxygens (including phenoxy) is 1. The summed E-state index contributed by atoms with van der Waals surface area (Å²) in [7, 11) is 1.74. The van der Waals surface area contributed by atoms with Gasteiger partial charge in [0.25, 0.3) is 0 Å². The summed E-state index contributed by atoms with van der Waals surface area (Å²) in [5, 5.41) is 3.70. The van der Waals surface area contributed by atoms with Gasteiger partial charge in [-0.3, -0.25) is 0 Å². The van der Waals surface area contributed by atoms with Crippen molar-refractivity contribution < 1.29 is 4.74 Å². The lowest BCUT2D eigenvalue weighted by molar-refractivity contribution is 0.397. The first-order chi connectivity index (χ1) is 8.69. The Hall–Kier alpha value is -1.02. The summed E-state index contributed by atoms with van der Waals surface area (Å²) in [5.41, 5.74) is 1.29. The summed E-state index contributed by atoms with van der Waals surface area (Å²) in [6.45, 7) is 4.56. The van der Waals surface area contributed by atoms with Gasteiger partial charge in [0.15, 0.2) is 0 Å². The average Bonchev–Trinajstić information content (AvgIpc) is 3.13. The summed E-state index contributed by atoms with van der Waals surface area (Å²) in [6, 6.07) is 9.42. The highest BCUT2D eigenvalue weighted by atomic mass is 16.5. The van der Waals surface area contributed by atoms with Crippen LogP contribution in [0.25, 0.3) is 0 Å². The van der Waals surface area contributed by atoms with E-state index in [4.69, 9.17) is 4.74 Å². The van der Waals surface area contributed by atoms with Crippen LogP contribution in [0.1, 0.15) is 38.7 Å². The maximum absolute atomic E-state index is 5.40. The molecule has 0 aromatic heterocycles. The SMILES string of the molecule is COc1ccccc1CC(C)NC(C)CC1CC1. The molecule has 2 unspecified atom stereocenters. The van der Waals surface area contributed by atoms with E-state index in [1.807, 2.05) is 12.1 Å². The molecule has 100 valence electrons. The van der Waals surface area contributed by atoms with Gasteiger partial charge in [0, 0.05) is 12.1 Å². The van der Waals surface area contributed by atoms with Gasteiger partial charge >= 0.3 is 0 Å². The van der Waals surface area contributed by atoms with Gasteiger partial charge in [-0.2, -0.15) is 0 Å². The summed E-state index contributed by atoms with van der Waals surface area (Å²) in [4.78, 5) is 0. The molecule has 0 amide bonds. The number of hydrogen-bond acceptors (Lipinski definition) is 2. The molecule has 0 radical (unpaired) electrons. The molecular formula is C16H25NO. The molecule has 0 saturated heterocycles. The van der Waals surface area contributed by atoms with Crippen LogP contribution in [0.5, 0.6) is 5.75 Å². The smallest absolute Gasteiger partial charge is 0.122 e. The van der Waals surface area contributed by atoms with Crippen molar-refractivity contribution >= 4 is 0 Å². The van der Waals surface area contributed by atoms with Crippen molar-refractivity contribution in [2.45, 2.75) is 51.6 Å². The minimum Gasteiger partial charge on any atom is -0.496 e. The normalized spacial score (nSPS) is 18.4. The minimum atomic E-state index is 0.495. The standard InChI is InChI=1S/C16H25NO/c1-12(10-14-8-9-14)17-13(2)11-15-6-4-5-7-16(15)18-3/h4-7,12-14,17H,8-11H2,1-3H3. The van der Waals surface area contributed by atoms with Gasteiger partial charge in [0.05, 0.1) is 7.11 Å². The zero-order valence-corrected chi connectivity index (χ0v) is 11.8. The fourth-order valence-corrected chi connectivity index (χ4v) is 2.67. The highest BCUT2D eigenvalue weighted by Gasteiger charge is 2.24. The third kappa shape index (κ3) is 4.02. The second-order valence-electron chi connectivity index (χ2n) is 5.66. The van der Waals surface area contributed by atoms with Crippen molar-refractivity contribution in [1.29, 1.82) is 0 Å². The first kappa shape index (κ1) is 13.4. The van der Waals surface area contributed by atoms with Crippen molar-refractivity contribution in [2.75, 3.05) is 7.11 Å². The van der Waals surface area contributed by atoms with Gasteiger partial charge in [-0.1, -0.05) is 31.0 Å². The van der Waals surface area contributed by atoms with E-state index in [-0.39, 0.29) is 0 Å². The highest BCUT2D eigenvalue weighted by molar-refractivity contribution is 5.33. The lowest BCUT2D eigenvalue weighted by Gasteiger charge is -2.20. The fraction of sp³-hybridized carbons (Fsp3) is 0.625. The van der Waals surface area contributed by atoms with Crippen LogP contribution in [0.2, 0.25) is 0 Å². The number of para-hydroxylation sites is 1. The topological polar surface area (TPSA) is 21.3 Å². The molecule has 2 heteroatoms. The van der Waals surface area contributed by atoms with E-state index in [1.54, 1.807) is 7.11 Å². The molecule has 18 heavy (non-hydrogen) atoms. The zero-order valence-electron chi connectivity index (χ0n) is 11.8. The van der Waals surface area contributed by atoms with E-state index in [9.17, 15) is 0 Å². The number of methoxy groups -OCH3 is 1. The third-order valence-electron chi connectivity index (χ3n) is 3.67. The molecule has 1 aliphatic rings. The molecule has 1 aromatic rings. The molecular weight excluding hydrogens is 222 g/mol. The Balaban J connectivity index is 1.83. The van der Waals surface area contributed by atoms with Crippen LogP contribution in [0.15, 0.2) is 24.3 Å². The van der Waals surface area contributed by atoms with Crippen LogP contribution in [-0.2, 0) is 6.42 Å². The molecule has 2 nitrogen and oxygen atoms in total. The predicted molar refractivity (Wildman–Crippen MR) is 76.1 cm³/mol. The Labute approximate surface area is 111 Å². The third-order valence-corrected chi connectivity index (χ3v) is 3.67. The quantitative estimate of drug-likeness (QED) is 0.797. The second-order valence-corrected chi connectivity index (χ2v) is 5.66. The van der Waals surface area contributed by atoms with Crippen LogP contribution in [-0.4, -0.2) is 19.2 Å². The van der Waals surface area contributed by atoms with E-state index >= 15 is 0 Å². The number of nitrogens with one attached hydrogen (secondary N) is 1. The summed E-state index contributed by atoms with van der Waals surface area (Å²) in [5.74, 6) is 1.99. The van der Waals surface area contributed by atoms with Crippen molar-refractivity contribution in [3.63, 3.8) is 0 Å². The minimum absolute atomic E-state index is 0.495. The van der Waals surface area contributed by atoms with E-state index in [2.05, 4.69) is 31.3 Å². The van der Waals surface area contributed by atoms with E-state index < -0.39 is 0 Å². The Morgan fingerprint density at radius 1 is 1.22 bits per heavy atom. The average molecular weight is 247 g/mol. The Bertz CT molecular complexity index is 373. The largest absolute Gasteiger partial charge is 0.496 e. The van der Waals surface area contributed by atoms with Crippen LogP contribution < -0.4 is 10.1 Å². The molecule has 1 N–H and O–H groups in total. The molecule has 0 heterocycles. The molecule has 0 aliphatic heterocycles. The van der Waals surface area contributed by atoms with Gasteiger partial charge < -0.3 is 10.1 Å². The van der Waals surface area contributed by atoms with Gasteiger partial charge in [-0.05, 0) is 44.2 Å². The molecule has 2 atom stereocenters. The van der Waals surface area contributed by atoms with Crippen LogP contribution in [0.3, 0.4) is 0 Å². The lowest BCUT2D eigenvalue weighted by atomic mass is 10.0. The Kier molecular flexibility index (Phi) is 4.65. The second kappa shape index (κ2) is 6.24. The number of rotatable bonds is 7. The van der Waals surface area contributed by atoms with Gasteiger partial charge in [-0.25, -0.2) is 0 Å². The molecule has 1 saturated carbocycles. The fourth-order valence-electron chi connectivity index (χ4n) is 2.67. The Morgan fingerprint density at radius 3 is 2.61 bits per heavy atom. The molecule has 1 aliphatic carbocycles. The van der Waals surface area contributed by atoms with Gasteiger partial charge in [0.1, 0.15) is 5.75 Å². The molecule has 1 fully saturated rings. The predicted octanol–water partition coefficient (Wildman–Crippen LogP) is 3.40. The monoisotopic (exact) mass is 247 g/mol. The van der Waals surface area contributed by atoms with Crippen molar-refractivity contribution in [3.05, 3.63) is 29.8 Å². The van der Waals surface area contributed by atoms with Crippen molar-refractivity contribution in [1.82, 2.24) is 5.32 Å².